The van der Waals surface area contributed by atoms with Gasteiger partial charge >= 0.3 is 0 Å². The Kier molecular flexibility index (Phi) is 4.08. The highest BCUT2D eigenvalue weighted by Crippen LogP contribution is 2.38. The number of amides is 1. The second kappa shape index (κ2) is 5.59. The minimum atomic E-state index is 0.00751. The van der Waals surface area contributed by atoms with Crippen molar-refractivity contribution in [1.82, 2.24) is 9.88 Å². The van der Waals surface area contributed by atoms with Gasteiger partial charge in [0.1, 0.15) is 11.5 Å². The Morgan fingerprint density at radius 3 is 2.47 bits per heavy atom. The summed E-state index contributed by atoms with van der Waals surface area (Å²) >= 11 is 0. The first-order chi connectivity index (χ1) is 9.10. The molecule has 1 aromatic heterocycles. The zero-order valence-corrected chi connectivity index (χ0v) is 11.9. The highest BCUT2D eigenvalue weighted by Gasteiger charge is 2.33. The molecule has 19 heavy (non-hydrogen) atoms. The minimum Gasteiger partial charge on any atom is -0.384 e. The van der Waals surface area contributed by atoms with Gasteiger partial charge in [0.2, 0.25) is 0 Å². The van der Waals surface area contributed by atoms with Gasteiger partial charge in [0, 0.05) is 13.1 Å². The maximum Gasteiger partial charge on any atom is 0.272 e. The molecule has 0 unspecified atom stereocenters. The van der Waals surface area contributed by atoms with Gasteiger partial charge in [-0.2, -0.15) is 0 Å². The van der Waals surface area contributed by atoms with Crippen LogP contribution in [0.1, 0.15) is 50.0 Å². The second-order valence-corrected chi connectivity index (χ2v) is 5.45. The van der Waals surface area contributed by atoms with Crippen molar-refractivity contribution in [2.24, 2.45) is 5.41 Å². The number of nitrogens with zero attached hydrogens (tertiary/aromatic N) is 2. The molecule has 2 rings (SSSR count). The quantitative estimate of drug-likeness (QED) is 0.910. The number of rotatable bonds is 3. The molecular weight excluding hydrogens is 238 g/mol. The number of piperidine rings is 1. The lowest BCUT2D eigenvalue weighted by molar-refractivity contribution is 0.0552. The van der Waals surface area contributed by atoms with Crippen molar-refractivity contribution in [3.8, 4) is 0 Å². The second-order valence-electron chi connectivity index (χ2n) is 5.45. The van der Waals surface area contributed by atoms with Gasteiger partial charge in [0.05, 0.1) is 0 Å². The fourth-order valence-corrected chi connectivity index (χ4v) is 2.87. The first kappa shape index (κ1) is 13.8. The number of hydrogen-bond acceptors (Lipinski definition) is 3. The normalized spacial score (nSPS) is 18.3. The molecule has 0 radical (unpaired) electrons. The average molecular weight is 261 g/mol. The van der Waals surface area contributed by atoms with Crippen molar-refractivity contribution in [3.63, 3.8) is 0 Å². The summed E-state index contributed by atoms with van der Waals surface area (Å²) in [4.78, 5) is 18.4. The van der Waals surface area contributed by atoms with E-state index in [4.69, 9.17) is 5.73 Å². The number of nitrogens with two attached hydrogens (primary N) is 1. The molecule has 1 aliphatic heterocycles. The molecule has 4 nitrogen and oxygen atoms in total. The van der Waals surface area contributed by atoms with Crippen molar-refractivity contribution in [1.29, 1.82) is 0 Å². The monoisotopic (exact) mass is 261 g/mol. The van der Waals surface area contributed by atoms with Crippen molar-refractivity contribution in [2.45, 2.75) is 39.5 Å². The number of pyridine rings is 1. The number of anilines is 1. The fourth-order valence-electron chi connectivity index (χ4n) is 2.87. The van der Waals surface area contributed by atoms with Crippen LogP contribution in [0, 0.1) is 5.41 Å². The van der Waals surface area contributed by atoms with Gasteiger partial charge in [-0.1, -0.05) is 32.8 Å². The number of likely N-dealkylation sites (tertiary alicyclic amines) is 1. The van der Waals surface area contributed by atoms with Crippen LogP contribution in [0.2, 0.25) is 0 Å². The fraction of sp³-hybridized carbons (Fsp3) is 0.600. The van der Waals surface area contributed by atoms with Crippen LogP contribution in [-0.4, -0.2) is 28.9 Å². The van der Waals surface area contributed by atoms with E-state index in [1.54, 1.807) is 18.2 Å². The first-order valence-corrected chi connectivity index (χ1v) is 7.12. The van der Waals surface area contributed by atoms with Gasteiger partial charge in [-0.25, -0.2) is 4.98 Å². The Morgan fingerprint density at radius 2 is 1.95 bits per heavy atom. The summed E-state index contributed by atoms with van der Waals surface area (Å²) in [5.41, 5.74) is 6.52. The molecule has 1 fully saturated rings. The molecule has 0 aliphatic carbocycles. The number of nitrogen functional groups attached to an aromatic ring is 1. The summed E-state index contributed by atoms with van der Waals surface area (Å²) in [5, 5.41) is 0. The number of hydrogen-bond donors (Lipinski definition) is 1. The van der Waals surface area contributed by atoms with Gasteiger partial charge in [0.15, 0.2) is 0 Å². The zero-order valence-electron chi connectivity index (χ0n) is 11.9. The van der Waals surface area contributed by atoms with E-state index in [-0.39, 0.29) is 5.91 Å². The summed E-state index contributed by atoms with van der Waals surface area (Å²) in [5.74, 6) is 0.410. The lowest BCUT2D eigenvalue weighted by atomic mass is 9.74. The predicted octanol–water partition coefficient (Wildman–Crippen LogP) is 2.71. The number of carbonyl (C=O) groups is 1. The van der Waals surface area contributed by atoms with Crippen molar-refractivity contribution in [2.75, 3.05) is 18.8 Å². The highest BCUT2D eigenvalue weighted by atomic mass is 16.2. The van der Waals surface area contributed by atoms with E-state index in [0.717, 1.165) is 25.9 Å². The molecule has 0 bridgehead atoms. The third kappa shape index (κ3) is 2.88. The smallest absolute Gasteiger partial charge is 0.272 e. The SMILES string of the molecule is CCC1(CC)CCN(C(=O)c2cccc(N)n2)CC1. The van der Waals surface area contributed by atoms with E-state index in [0.29, 0.717) is 16.9 Å². The van der Waals surface area contributed by atoms with Crippen LogP contribution >= 0.6 is 0 Å². The van der Waals surface area contributed by atoms with Gasteiger partial charge in [-0.05, 0) is 30.4 Å². The van der Waals surface area contributed by atoms with Gasteiger partial charge in [-0.3, -0.25) is 4.79 Å². The number of carbonyl (C=O) groups excluding carboxylic acids is 1. The Bertz CT molecular complexity index is 444. The average Bonchev–Trinajstić information content (AvgIpc) is 2.46. The Balaban J connectivity index is 2.04. The maximum absolute atomic E-state index is 12.3. The molecule has 104 valence electrons. The molecule has 2 heterocycles. The van der Waals surface area contributed by atoms with Crippen molar-refractivity contribution in [3.05, 3.63) is 23.9 Å². The lowest BCUT2D eigenvalue weighted by Crippen LogP contribution is -2.43. The standard InChI is InChI=1S/C15H23N3O/c1-3-15(4-2)8-10-18(11-9-15)14(19)12-6-5-7-13(16)17-12/h5-7H,3-4,8-11H2,1-2H3,(H2,16,17). The molecule has 0 aromatic carbocycles. The molecule has 1 aromatic rings. The van der Waals surface area contributed by atoms with Crippen LogP contribution in [0.4, 0.5) is 5.82 Å². The van der Waals surface area contributed by atoms with Crippen LogP contribution in [0.25, 0.3) is 0 Å². The van der Waals surface area contributed by atoms with E-state index in [1.165, 1.54) is 12.8 Å². The van der Waals surface area contributed by atoms with Crippen LogP contribution in [0.3, 0.4) is 0 Å². The third-order valence-corrected chi connectivity index (χ3v) is 4.60. The highest BCUT2D eigenvalue weighted by molar-refractivity contribution is 5.92. The van der Waals surface area contributed by atoms with Crippen molar-refractivity contribution >= 4 is 11.7 Å². The van der Waals surface area contributed by atoms with E-state index in [9.17, 15) is 4.79 Å². The molecule has 0 spiro atoms. The van der Waals surface area contributed by atoms with E-state index in [2.05, 4.69) is 18.8 Å². The van der Waals surface area contributed by atoms with E-state index < -0.39 is 0 Å². The summed E-state index contributed by atoms with van der Waals surface area (Å²) in [6.45, 7) is 6.16. The van der Waals surface area contributed by atoms with Crippen LogP contribution in [-0.2, 0) is 0 Å². The summed E-state index contributed by atoms with van der Waals surface area (Å²) in [6, 6.07) is 5.22. The predicted molar refractivity (Wildman–Crippen MR) is 76.8 cm³/mol. The summed E-state index contributed by atoms with van der Waals surface area (Å²) in [6.07, 6.45) is 4.58. The molecule has 1 aliphatic rings. The Hall–Kier alpha value is -1.58. The molecule has 1 amide bonds. The maximum atomic E-state index is 12.3. The van der Waals surface area contributed by atoms with Gasteiger partial charge < -0.3 is 10.6 Å². The topological polar surface area (TPSA) is 59.2 Å². The van der Waals surface area contributed by atoms with E-state index >= 15 is 0 Å². The van der Waals surface area contributed by atoms with Crippen molar-refractivity contribution < 1.29 is 4.79 Å². The summed E-state index contributed by atoms with van der Waals surface area (Å²) < 4.78 is 0. The van der Waals surface area contributed by atoms with Gasteiger partial charge in [0.25, 0.3) is 5.91 Å². The molecule has 0 saturated carbocycles. The van der Waals surface area contributed by atoms with Crippen LogP contribution in [0.15, 0.2) is 18.2 Å². The molecule has 4 heteroatoms. The molecule has 0 atom stereocenters. The molecule has 2 N–H and O–H groups in total. The number of aromatic nitrogens is 1. The Labute approximate surface area is 115 Å². The molecular formula is C15H23N3O. The first-order valence-electron chi connectivity index (χ1n) is 7.12. The largest absolute Gasteiger partial charge is 0.384 e. The Morgan fingerprint density at radius 1 is 1.32 bits per heavy atom. The lowest BCUT2D eigenvalue weighted by Gasteiger charge is -2.40. The minimum absolute atomic E-state index is 0.00751. The zero-order chi connectivity index (χ0) is 13.9. The summed E-state index contributed by atoms with van der Waals surface area (Å²) in [7, 11) is 0. The van der Waals surface area contributed by atoms with Crippen LogP contribution < -0.4 is 5.73 Å². The van der Waals surface area contributed by atoms with E-state index in [1.807, 2.05) is 4.90 Å². The molecule has 1 saturated heterocycles. The van der Waals surface area contributed by atoms with Crippen LogP contribution in [0.5, 0.6) is 0 Å². The van der Waals surface area contributed by atoms with Gasteiger partial charge in [-0.15, -0.1) is 0 Å². The third-order valence-electron chi connectivity index (χ3n) is 4.60.